The molecule has 6 heteroatoms. The standard InChI is InChI=1S/C18H22N2O3S/c1-4-15-11-19-9-8-17(15)18(21)20-16-7-5-6-14(10-16)12-24(22,23)13(2)3/h5-11,13H,4,12H2,1-3H3,(H,20,21). The van der Waals surface area contributed by atoms with E-state index in [1.807, 2.05) is 6.92 Å². The number of aryl methyl sites for hydroxylation is 1. The minimum absolute atomic E-state index is 0.0379. The van der Waals surface area contributed by atoms with Crippen LogP contribution in [0.25, 0.3) is 0 Å². The van der Waals surface area contributed by atoms with E-state index in [-0.39, 0.29) is 11.7 Å². The molecule has 1 aromatic carbocycles. The Morgan fingerprint density at radius 2 is 2.00 bits per heavy atom. The molecule has 24 heavy (non-hydrogen) atoms. The number of hydrogen-bond acceptors (Lipinski definition) is 4. The molecule has 0 saturated heterocycles. The Morgan fingerprint density at radius 3 is 2.67 bits per heavy atom. The van der Waals surface area contributed by atoms with Gasteiger partial charge in [-0.1, -0.05) is 19.1 Å². The molecule has 5 nitrogen and oxygen atoms in total. The summed E-state index contributed by atoms with van der Waals surface area (Å²) in [6.45, 7) is 5.29. The Labute approximate surface area is 143 Å². The first-order chi connectivity index (χ1) is 11.3. The van der Waals surface area contributed by atoms with E-state index in [2.05, 4.69) is 10.3 Å². The highest BCUT2D eigenvalue weighted by atomic mass is 32.2. The van der Waals surface area contributed by atoms with E-state index < -0.39 is 15.1 Å². The van der Waals surface area contributed by atoms with Crippen LogP contribution in [-0.4, -0.2) is 24.6 Å². The molecule has 128 valence electrons. The van der Waals surface area contributed by atoms with Crippen molar-refractivity contribution >= 4 is 21.4 Å². The van der Waals surface area contributed by atoms with Gasteiger partial charge in [-0.2, -0.15) is 0 Å². The molecule has 2 rings (SSSR count). The number of carbonyl (C=O) groups is 1. The van der Waals surface area contributed by atoms with E-state index >= 15 is 0 Å². The van der Waals surface area contributed by atoms with Gasteiger partial charge >= 0.3 is 0 Å². The summed E-state index contributed by atoms with van der Waals surface area (Å²) >= 11 is 0. The Bertz CT molecular complexity index is 830. The van der Waals surface area contributed by atoms with Gasteiger partial charge in [-0.05, 0) is 49.6 Å². The molecule has 0 bridgehead atoms. The Balaban J connectivity index is 2.19. The van der Waals surface area contributed by atoms with Gasteiger partial charge in [0.05, 0.1) is 11.0 Å². The van der Waals surface area contributed by atoms with Crippen molar-refractivity contribution in [2.24, 2.45) is 0 Å². The fourth-order valence-electron chi connectivity index (χ4n) is 2.27. The van der Waals surface area contributed by atoms with Crippen molar-refractivity contribution in [3.63, 3.8) is 0 Å². The zero-order valence-corrected chi connectivity index (χ0v) is 14.9. The maximum Gasteiger partial charge on any atom is 0.256 e. The van der Waals surface area contributed by atoms with Crippen LogP contribution in [0, 0.1) is 0 Å². The highest BCUT2D eigenvalue weighted by Gasteiger charge is 2.17. The molecule has 0 aliphatic rings. The third-order valence-corrected chi connectivity index (χ3v) is 5.97. The summed E-state index contributed by atoms with van der Waals surface area (Å²) in [4.78, 5) is 16.5. The quantitative estimate of drug-likeness (QED) is 0.871. The van der Waals surface area contributed by atoms with Crippen LogP contribution < -0.4 is 5.32 Å². The van der Waals surface area contributed by atoms with Crippen LogP contribution in [0.2, 0.25) is 0 Å². The highest BCUT2D eigenvalue weighted by Crippen LogP contribution is 2.17. The second-order valence-corrected chi connectivity index (χ2v) is 8.45. The fraction of sp³-hybridized carbons (Fsp3) is 0.333. The topological polar surface area (TPSA) is 76.1 Å². The maximum absolute atomic E-state index is 12.4. The monoisotopic (exact) mass is 346 g/mol. The number of nitrogens with one attached hydrogen (secondary N) is 1. The van der Waals surface area contributed by atoms with Crippen LogP contribution in [0.1, 0.15) is 42.3 Å². The van der Waals surface area contributed by atoms with Crippen LogP contribution in [0.5, 0.6) is 0 Å². The average Bonchev–Trinajstić information content (AvgIpc) is 2.54. The van der Waals surface area contributed by atoms with E-state index in [9.17, 15) is 13.2 Å². The third-order valence-electron chi connectivity index (χ3n) is 3.80. The third kappa shape index (κ3) is 4.41. The molecule has 1 aromatic heterocycles. The summed E-state index contributed by atoms with van der Waals surface area (Å²) in [5, 5.41) is 2.40. The zero-order valence-electron chi connectivity index (χ0n) is 14.1. The summed E-state index contributed by atoms with van der Waals surface area (Å²) in [5.74, 6) is -0.262. The number of aromatic nitrogens is 1. The van der Waals surface area contributed by atoms with Gasteiger partial charge in [-0.25, -0.2) is 8.42 Å². The largest absolute Gasteiger partial charge is 0.322 e. The van der Waals surface area contributed by atoms with Gasteiger partial charge in [0.1, 0.15) is 0 Å². The van der Waals surface area contributed by atoms with Gasteiger partial charge < -0.3 is 5.32 Å². The van der Waals surface area contributed by atoms with Gasteiger partial charge in [0.2, 0.25) is 0 Å². The molecule has 1 N–H and O–H groups in total. The summed E-state index contributed by atoms with van der Waals surface area (Å²) in [6, 6.07) is 8.62. The van der Waals surface area contributed by atoms with E-state index in [1.54, 1.807) is 56.6 Å². The average molecular weight is 346 g/mol. The van der Waals surface area contributed by atoms with Crippen LogP contribution in [0.3, 0.4) is 0 Å². The predicted molar refractivity (Wildman–Crippen MR) is 95.8 cm³/mol. The number of hydrogen-bond donors (Lipinski definition) is 1. The Hall–Kier alpha value is -2.21. The van der Waals surface area contributed by atoms with Gasteiger partial charge in [-0.3, -0.25) is 9.78 Å². The lowest BCUT2D eigenvalue weighted by Crippen LogP contribution is -2.17. The number of benzene rings is 1. The fourth-order valence-corrected chi connectivity index (χ4v) is 3.24. The number of rotatable bonds is 6. The number of amides is 1. The zero-order chi connectivity index (χ0) is 17.7. The lowest BCUT2D eigenvalue weighted by atomic mass is 10.1. The van der Waals surface area contributed by atoms with Crippen molar-refractivity contribution in [1.29, 1.82) is 0 Å². The number of carbonyl (C=O) groups excluding carboxylic acids is 1. The van der Waals surface area contributed by atoms with Gasteiger partial charge in [0.15, 0.2) is 9.84 Å². The number of sulfone groups is 1. The lowest BCUT2D eigenvalue weighted by Gasteiger charge is -2.11. The predicted octanol–water partition coefficient (Wildman–Crippen LogP) is 3.22. The molecule has 0 aliphatic heterocycles. The van der Waals surface area contributed by atoms with Crippen LogP contribution in [0.4, 0.5) is 5.69 Å². The van der Waals surface area contributed by atoms with Gasteiger partial charge in [0.25, 0.3) is 5.91 Å². The first kappa shape index (κ1) is 18.1. The number of anilines is 1. The molecule has 2 aromatic rings. The molecule has 0 atom stereocenters. The molecule has 0 aliphatic carbocycles. The summed E-state index contributed by atoms with van der Waals surface area (Å²) in [6.07, 6.45) is 3.98. The summed E-state index contributed by atoms with van der Waals surface area (Å²) in [5.41, 5.74) is 2.68. The van der Waals surface area contributed by atoms with Crippen LogP contribution in [0.15, 0.2) is 42.7 Å². The normalized spacial score (nSPS) is 11.5. The van der Waals surface area contributed by atoms with Crippen molar-refractivity contribution in [2.75, 3.05) is 5.32 Å². The van der Waals surface area contributed by atoms with Crippen LogP contribution >= 0.6 is 0 Å². The van der Waals surface area contributed by atoms with E-state index in [0.717, 1.165) is 5.56 Å². The van der Waals surface area contributed by atoms with Crippen molar-refractivity contribution in [1.82, 2.24) is 4.98 Å². The molecule has 0 spiro atoms. The summed E-state index contributed by atoms with van der Waals surface area (Å²) < 4.78 is 24.1. The molecule has 1 heterocycles. The van der Waals surface area contributed by atoms with E-state index in [1.165, 1.54) is 0 Å². The molecular formula is C18H22N2O3S. The van der Waals surface area contributed by atoms with Gasteiger partial charge in [0, 0.05) is 23.6 Å². The first-order valence-corrected chi connectivity index (χ1v) is 9.59. The Kier molecular flexibility index (Phi) is 5.72. The van der Waals surface area contributed by atoms with Crippen molar-refractivity contribution < 1.29 is 13.2 Å². The maximum atomic E-state index is 12.4. The van der Waals surface area contributed by atoms with Crippen LogP contribution in [-0.2, 0) is 22.0 Å². The SMILES string of the molecule is CCc1cnccc1C(=O)Nc1cccc(CS(=O)(=O)C(C)C)c1. The van der Waals surface area contributed by atoms with Crippen molar-refractivity contribution in [3.05, 3.63) is 59.4 Å². The minimum Gasteiger partial charge on any atom is -0.322 e. The first-order valence-electron chi connectivity index (χ1n) is 7.88. The summed E-state index contributed by atoms with van der Waals surface area (Å²) in [7, 11) is -3.18. The molecule has 0 unspecified atom stereocenters. The number of pyridine rings is 1. The molecule has 1 amide bonds. The molecular weight excluding hydrogens is 324 g/mol. The second-order valence-electron chi connectivity index (χ2n) is 5.90. The lowest BCUT2D eigenvalue weighted by molar-refractivity contribution is 0.102. The van der Waals surface area contributed by atoms with E-state index in [0.29, 0.717) is 23.2 Å². The minimum atomic E-state index is -3.18. The molecule has 0 saturated carbocycles. The smallest absolute Gasteiger partial charge is 0.256 e. The van der Waals surface area contributed by atoms with E-state index in [4.69, 9.17) is 0 Å². The molecule has 0 fully saturated rings. The van der Waals surface area contributed by atoms with Gasteiger partial charge in [-0.15, -0.1) is 0 Å². The number of nitrogens with zero attached hydrogens (tertiary/aromatic N) is 1. The Morgan fingerprint density at radius 1 is 1.25 bits per heavy atom. The highest BCUT2D eigenvalue weighted by molar-refractivity contribution is 7.91. The van der Waals surface area contributed by atoms with Crippen molar-refractivity contribution in [3.8, 4) is 0 Å². The van der Waals surface area contributed by atoms with Crippen molar-refractivity contribution in [2.45, 2.75) is 38.2 Å². The molecule has 0 radical (unpaired) electrons. The second kappa shape index (κ2) is 7.57.